The molecule has 30 heavy (non-hydrogen) atoms. The predicted molar refractivity (Wildman–Crippen MR) is 92.7 cm³/mol. The van der Waals surface area contributed by atoms with Crippen LogP contribution in [0.2, 0.25) is 0 Å². The quantitative estimate of drug-likeness (QED) is 0.600. The van der Waals surface area contributed by atoms with Crippen LogP contribution in [0.3, 0.4) is 0 Å². The topological polar surface area (TPSA) is 63.1 Å². The zero-order valence-electron chi connectivity index (χ0n) is 15.3. The monoisotopic (exact) mass is 431 g/mol. The van der Waals surface area contributed by atoms with Crippen molar-refractivity contribution in [2.75, 3.05) is 26.2 Å². The molecule has 0 saturated carbocycles. The Morgan fingerprint density at radius 2 is 1.63 bits per heavy atom. The molecule has 4 rings (SSSR count). The minimum atomic E-state index is -4.96. The van der Waals surface area contributed by atoms with Gasteiger partial charge in [-0.25, -0.2) is 9.67 Å². The number of carbonyl (C=O) groups excluding carboxylic acids is 1. The maximum absolute atomic E-state index is 13.0. The van der Waals surface area contributed by atoms with Gasteiger partial charge in [0.05, 0.1) is 11.1 Å². The lowest BCUT2D eigenvalue weighted by atomic mass is 9.74. The van der Waals surface area contributed by atoms with Crippen molar-refractivity contribution in [3.8, 4) is 11.4 Å². The molecular formula is C18H15F6N5O. The Morgan fingerprint density at radius 3 is 2.13 bits per heavy atom. The van der Waals surface area contributed by atoms with E-state index < -0.39 is 29.0 Å². The van der Waals surface area contributed by atoms with E-state index in [1.807, 2.05) is 0 Å². The molecule has 0 radical (unpaired) electrons. The Balaban J connectivity index is 1.52. The van der Waals surface area contributed by atoms with Crippen LogP contribution in [0.25, 0.3) is 17.6 Å². The summed E-state index contributed by atoms with van der Waals surface area (Å²) in [6.07, 6.45) is -6.35. The summed E-state index contributed by atoms with van der Waals surface area (Å²) in [5, 5.41) is 7.01. The molecule has 1 spiro atoms. The average molecular weight is 431 g/mol. The number of carbonyl (C=O) groups is 1. The molecule has 2 aliphatic heterocycles. The number of hydrogen-bond acceptors (Lipinski definition) is 4. The molecule has 0 unspecified atom stereocenters. The van der Waals surface area contributed by atoms with E-state index in [9.17, 15) is 31.1 Å². The summed E-state index contributed by atoms with van der Waals surface area (Å²) in [7, 11) is 0. The molecule has 2 saturated heterocycles. The highest BCUT2D eigenvalue weighted by atomic mass is 19.4. The summed E-state index contributed by atoms with van der Waals surface area (Å²) in [6.45, 7) is 3.00. The van der Waals surface area contributed by atoms with Gasteiger partial charge < -0.3 is 10.2 Å². The molecular weight excluding hydrogens is 416 g/mol. The Labute approximate surface area is 166 Å². The van der Waals surface area contributed by atoms with Crippen LogP contribution in [-0.2, 0) is 17.1 Å². The summed E-state index contributed by atoms with van der Waals surface area (Å²) in [6, 6.07) is 1.14. The van der Waals surface area contributed by atoms with Gasteiger partial charge in [-0.1, -0.05) is 0 Å². The Hall–Kier alpha value is -2.89. The largest absolute Gasteiger partial charge is 0.416 e. The van der Waals surface area contributed by atoms with Crippen LogP contribution >= 0.6 is 0 Å². The third-order valence-corrected chi connectivity index (χ3v) is 5.09. The van der Waals surface area contributed by atoms with Crippen molar-refractivity contribution in [2.45, 2.75) is 12.4 Å². The van der Waals surface area contributed by atoms with Gasteiger partial charge in [0.25, 0.3) is 0 Å². The zero-order valence-corrected chi connectivity index (χ0v) is 15.3. The van der Waals surface area contributed by atoms with Crippen LogP contribution in [0, 0.1) is 5.41 Å². The molecule has 2 aromatic rings. The number of amides is 1. The summed E-state index contributed by atoms with van der Waals surface area (Å²) in [5.41, 5.74) is -3.18. The Bertz CT molecular complexity index is 965. The van der Waals surface area contributed by atoms with E-state index in [0.29, 0.717) is 25.2 Å². The maximum atomic E-state index is 13.0. The molecule has 0 bridgehead atoms. The minimum Gasteiger partial charge on any atom is -0.338 e. The molecule has 2 fully saturated rings. The second kappa shape index (κ2) is 6.83. The van der Waals surface area contributed by atoms with E-state index in [-0.39, 0.29) is 23.2 Å². The normalized spacial score (nSPS) is 18.5. The van der Waals surface area contributed by atoms with E-state index >= 15 is 0 Å². The number of aromatic nitrogens is 3. The van der Waals surface area contributed by atoms with Gasteiger partial charge in [0.2, 0.25) is 5.91 Å². The van der Waals surface area contributed by atoms with Crippen LogP contribution in [0.15, 0.2) is 30.6 Å². The first-order chi connectivity index (χ1) is 14.0. The van der Waals surface area contributed by atoms with Crippen molar-refractivity contribution in [1.29, 1.82) is 0 Å². The van der Waals surface area contributed by atoms with E-state index in [1.54, 1.807) is 4.90 Å². The summed E-state index contributed by atoms with van der Waals surface area (Å²) >= 11 is 0. The third-order valence-electron chi connectivity index (χ3n) is 5.09. The van der Waals surface area contributed by atoms with Crippen molar-refractivity contribution in [2.24, 2.45) is 5.41 Å². The van der Waals surface area contributed by atoms with Crippen LogP contribution in [0.5, 0.6) is 0 Å². The molecule has 1 N–H and O–H groups in total. The van der Waals surface area contributed by atoms with Gasteiger partial charge in [0.1, 0.15) is 6.33 Å². The fourth-order valence-corrected chi connectivity index (χ4v) is 3.43. The van der Waals surface area contributed by atoms with E-state index in [4.69, 9.17) is 0 Å². The number of benzene rings is 1. The van der Waals surface area contributed by atoms with Gasteiger partial charge in [-0.15, -0.1) is 5.10 Å². The fraction of sp³-hybridized carbons (Fsp3) is 0.389. The molecule has 12 heteroatoms. The highest BCUT2D eigenvalue weighted by molar-refractivity contribution is 5.90. The molecule has 1 amide bonds. The van der Waals surface area contributed by atoms with Gasteiger partial charge in [0.15, 0.2) is 5.82 Å². The minimum absolute atomic E-state index is 0.0382. The first-order valence-electron chi connectivity index (χ1n) is 8.84. The van der Waals surface area contributed by atoms with E-state index in [0.717, 1.165) is 24.1 Å². The average Bonchev–Trinajstić information content (AvgIpc) is 3.04. The number of nitrogens with one attached hydrogen (secondary N) is 1. The maximum Gasteiger partial charge on any atom is 0.416 e. The van der Waals surface area contributed by atoms with Crippen molar-refractivity contribution in [1.82, 2.24) is 25.0 Å². The number of halogens is 6. The van der Waals surface area contributed by atoms with E-state index in [1.165, 1.54) is 12.3 Å². The summed E-state index contributed by atoms with van der Waals surface area (Å²) in [4.78, 5) is 17.5. The molecule has 160 valence electrons. The lowest BCUT2D eigenvalue weighted by Gasteiger charge is -2.55. The number of alkyl halides is 6. The van der Waals surface area contributed by atoms with E-state index in [2.05, 4.69) is 15.4 Å². The van der Waals surface area contributed by atoms with Crippen molar-refractivity contribution < 1.29 is 31.1 Å². The molecule has 1 aromatic heterocycles. The molecule has 0 atom stereocenters. The van der Waals surface area contributed by atoms with Crippen molar-refractivity contribution in [3.05, 3.63) is 41.7 Å². The van der Waals surface area contributed by atoms with Gasteiger partial charge in [-0.05, 0) is 18.2 Å². The Morgan fingerprint density at radius 1 is 1.03 bits per heavy atom. The smallest absolute Gasteiger partial charge is 0.338 e. The number of likely N-dealkylation sites (tertiary alicyclic amines) is 1. The SMILES string of the molecule is O=C(/C=C\n1cnc(-c2cc(C(F)(F)F)cc(C(F)(F)F)c2)n1)N1CC2(CNC2)C1. The zero-order chi connectivity index (χ0) is 21.7. The molecule has 0 aliphatic carbocycles. The second-order valence-electron chi connectivity index (χ2n) is 7.46. The van der Waals surface area contributed by atoms with Gasteiger partial charge in [-0.3, -0.25) is 4.79 Å². The number of nitrogens with zero attached hydrogens (tertiary/aromatic N) is 4. The molecule has 3 heterocycles. The van der Waals surface area contributed by atoms with Gasteiger partial charge in [-0.2, -0.15) is 26.3 Å². The lowest BCUT2D eigenvalue weighted by molar-refractivity contribution is -0.143. The van der Waals surface area contributed by atoms with Gasteiger partial charge in [0, 0.05) is 49.4 Å². The number of rotatable bonds is 3. The summed E-state index contributed by atoms with van der Waals surface area (Å²) < 4.78 is 79.0. The van der Waals surface area contributed by atoms with Crippen LogP contribution in [0.4, 0.5) is 26.3 Å². The first kappa shape index (κ1) is 20.4. The predicted octanol–water partition coefficient (Wildman–Crippen LogP) is 2.89. The highest BCUT2D eigenvalue weighted by Crippen LogP contribution is 2.38. The standard InChI is InChI=1S/C18H15F6N5O/c19-17(20,21)12-3-11(4-13(5-12)18(22,23)24)15-26-10-29(27-15)2-1-14(30)28-8-16(9-28)6-25-7-16/h1-5,10,25H,6-9H2/b2-1-. The second-order valence-corrected chi connectivity index (χ2v) is 7.46. The Kier molecular flexibility index (Phi) is 4.64. The van der Waals surface area contributed by atoms with Crippen molar-refractivity contribution in [3.63, 3.8) is 0 Å². The molecule has 6 nitrogen and oxygen atoms in total. The molecule has 1 aromatic carbocycles. The third kappa shape index (κ3) is 3.91. The highest BCUT2D eigenvalue weighted by Gasteiger charge is 2.48. The first-order valence-corrected chi connectivity index (χ1v) is 8.84. The van der Waals surface area contributed by atoms with Crippen molar-refractivity contribution >= 4 is 12.1 Å². The fourth-order valence-electron chi connectivity index (χ4n) is 3.43. The van der Waals surface area contributed by atoms with Crippen LogP contribution in [0.1, 0.15) is 11.1 Å². The lowest BCUT2D eigenvalue weighted by Crippen LogP contribution is -2.71. The molecule has 2 aliphatic rings. The summed E-state index contributed by atoms with van der Waals surface area (Å²) in [5.74, 6) is -0.588. The van der Waals surface area contributed by atoms with Crippen LogP contribution in [-0.4, -0.2) is 51.8 Å². The van der Waals surface area contributed by atoms with Gasteiger partial charge >= 0.3 is 12.4 Å². The van der Waals surface area contributed by atoms with Crippen LogP contribution < -0.4 is 5.32 Å². The number of hydrogen-bond donors (Lipinski definition) is 1.